The van der Waals surface area contributed by atoms with E-state index in [1.54, 1.807) is 4.90 Å². The number of piperazine rings is 2. The molecule has 7 heteroatoms. The molecule has 2 aliphatic heterocycles. The number of amides is 2. The van der Waals surface area contributed by atoms with Gasteiger partial charge in [-0.15, -0.1) is 0 Å². The second kappa shape index (κ2) is 8.33. The van der Waals surface area contributed by atoms with Crippen LogP contribution in [0.3, 0.4) is 0 Å². The molecule has 7 nitrogen and oxygen atoms in total. The van der Waals surface area contributed by atoms with Crippen molar-refractivity contribution in [2.45, 2.75) is 13.8 Å². The highest BCUT2D eigenvalue weighted by Gasteiger charge is 2.26. The Balaban J connectivity index is 1.69. The topological polar surface area (TPSA) is 56.3 Å². The standard InChI is InChI=1S/C15H28N4O3/c1-3-16-5-9-18(10-6-16)14(20)13-17-7-11-19(12-8-17)15(21)22-4-2/h3-13H2,1-2H3. The normalized spacial score (nSPS) is 21.0. The maximum Gasteiger partial charge on any atom is 0.409 e. The molecule has 0 aromatic rings. The molecule has 0 aromatic heterocycles. The summed E-state index contributed by atoms with van der Waals surface area (Å²) in [5.74, 6) is 0.209. The molecule has 22 heavy (non-hydrogen) atoms. The van der Waals surface area contributed by atoms with Crippen molar-refractivity contribution in [3.8, 4) is 0 Å². The number of likely N-dealkylation sites (N-methyl/N-ethyl adjacent to an activating group) is 1. The summed E-state index contributed by atoms with van der Waals surface area (Å²) >= 11 is 0. The van der Waals surface area contributed by atoms with Crippen LogP contribution in [0, 0.1) is 0 Å². The highest BCUT2D eigenvalue weighted by atomic mass is 16.6. The maximum atomic E-state index is 12.3. The smallest absolute Gasteiger partial charge is 0.409 e. The average Bonchev–Trinajstić information content (AvgIpc) is 2.55. The first-order chi connectivity index (χ1) is 10.6. The Morgan fingerprint density at radius 3 is 1.91 bits per heavy atom. The lowest BCUT2D eigenvalue weighted by Gasteiger charge is -2.37. The second-order valence-electron chi connectivity index (χ2n) is 5.78. The monoisotopic (exact) mass is 312 g/mol. The fourth-order valence-electron chi connectivity index (χ4n) is 2.91. The van der Waals surface area contributed by atoms with Gasteiger partial charge < -0.3 is 19.4 Å². The molecular formula is C15H28N4O3. The van der Waals surface area contributed by atoms with Gasteiger partial charge in [0.1, 0.15) is 0 Å². The van der Waals surface area contributed by atoms with Crippen LogP contribution in [0.2, 0.25) is 0 Å². The Labute approximate surface area is 132 Å². The number of ether oxygens (including phenoxy) is 1. The summed E-state index contributed by atoms with van der Waals surface area (Å²) in [6.07, 6.45) is -0.246. The Morgan fingerprint density at radius 2 is 1.36 bits per heavy atom. The molecule has 126 valence electrons. The molecule has 2 saturated heterocycles. The molecule has 2 heterocycles. The third-order valence-electron chi connectivity index (χ3n) is 4.43. The van der Waals surface area contributed by atoms with Crippen molar-refractivity contribution in [2.24, 2.45) is 0 Å². The van der Waals surface area contributed by atoms with E-state index in [0.29, 0.717) is 26.2 Å². The van der Waals surface area contributed by atoms with Crippen LogP contribution in [0.25, 0.3) is 0 Å². The number of rotatable bonds is 4. The highest BCUT2D eigenvalue weighted by Crippen LogP contribution is 2.06. The quantitative estimate of drug-likeness (QED) is 0.727. The molecule has 0 aliphatic carbocycles. The molecule has 0 atom stereocenters. The number of carbonyl (C=O) groups is 2. The van der Waals surface area contributed by atoms with Crippen LogP contribution in [0.5, 0.6) is 0 Å². The SMILES string of the molecule is CCOC(=O)N1CCN(CC(=O)N2CCN(CC)CC2)CC1. The Hall–Kier alpha value is -1.34. The Morgan fingerprint density at radius 1 is 0.818 bits per heavy atom. The van der Waals surface area contributed by atoms with Crippen LogP contribution >= 0.6 is 0 Å². The van der Waals surface area contributed by atoms with Crippen LogP contribution in [0.4, 0.5) is 4.79 Å². The lowest BCUT2D eigenvalue weighted by Crippen LogP contribution is -2.54. The zero-order chi connectivity index (χ0) is 15.9. The molecule has 2 rings (SSSR count). The molecule has 0 aromatic carbocycles. The number of carbonyl (C=O) groups excluding carboxylic acids is 2. The molecule has 2 amide bonds. The third-order valence-corrected chi connectivity index (χ3v) is 4.43. The van der Waals surface area contributed by atoms with Crippen molar-refractivity contribution >= 4 is 12.0 Å². The van der Waals surface area contributed by atoms with Crippen LogP contribution < -0.4 is 0 Å². The van der Waals surface area contributed by atoms with Gasteiger partial charge in [-0.2, -0.15) is 0 Å². The summed E-state index contributed by atoms with van der Waals surface area (Å²) in [7, 11) is 0. The van der Waals surface area contributed by atoms with Crippen molar-refractivity contribution in [3.05, 3.63) is 0 Å². The zero-order valence-corrected chi connectivity index (χ0v) is 13.8. The Bertz CT molecular complexity index is 375. The maximum absolute atomic E-state index is 12.3. The first-order valence-corrected chi connectivity index (χ1v) is 8.28. The number of hydrogen-bond acceptors (Lipinski definition) is 5. The van der Waals surface area contributed by atoms with E-state index in [-0.39, 0.29) is 12.0 Å². The van der Waals surface area contributed by atoms with Gasteiger partial charge in [-0.05, 0) is 13.5 Å². The molecule has 2 fully saturated rings. The minimum Gasteiger partial charge on any atom is -0.450 e. The fourth-order valence-corrected chi connectivity index (χ4v) is 2.91. The van der Waals surface area contributed by atoms with Gasteiger partial charge in [0.25, 0.3) is 0 Å². The lowest BCUT2D eigenvalue weighted by molar-refractivity contribution is -0.134. The summed E-state index contributed by atoms with van der Waals surface area (Å²) in [5, 5.41) is 0. The molecule has 0 bridgehead atoms. The Kier molecular flexibility index (Phi) is 6.45. The third kappa shape index (κ3) is 4.58. The summed E-state index contributed by atoms with van der Waals surface area (Å²) in [5.41, 5.74) is 0. The van der Waals surface area contributed by atoms with Crippen molar-refractivity contribution in [2.75, 3.05) is 72.1 Å². The van der Waals surface area contributed by atoms with Crippen LogP contribution in [0.1, 0.15) is 13.8 Å². The van der Waals surface area contributed by atoms with E-state index in [4.69, 9.17) is 4.74 Å². The largest absolute Gasteiger partial charge is 0.450 e. The van der Waals surface area contributed by atoms with Crippen molar-refractivity contribution in [3.63, 3.8) is 0 Å². The molecule has 2 aliphatic rings. The van der Waals surface area contributed by atoms with Crippen molar-refractivity contribution in [1.29, 1.82) is 0 Å². The fraction of sp³-hybridized carbons (Fsp3) is 0.867. The molecule has 0 radical (unpaired) electrons. The van der Waals surface area contributed by atoms with Crippen LogP contribution in [-0.2, 0) is 9.53 Å². The van der Waals surface area contributed by atoms with E-state index < -0.39 is 0 Å². The van der Waals surface area contributed by atoms with Gasteiger partial charge in [0.15, 0.2) is 0 Å². The number of hydrogen-bond donors (Lipinski definition) is 0. The van der Waals surface area contributed by atoms with Crippen molar-refractivity contribution < 1.29 is 14.3 Å². The molecule has 0 N–H and O–H groups in total. The predicted molar refractivity (Wildman–Crippen MR) is 83.7 cm³/mol. The van der Waals surface area contributed by atoms with E-state index in [9.17, 15) is 9.59 Å². The van der Waals surface area contributed by atoms with Gasteiger partial charge in [-0.3, -0.25) is 9.69 Å². The van der Waals surface area contributed by atoms with Crippen LogP contribution in [0.15, 0.2) is 0 Å². The lowest BCUT2D eigenvalue weighted by atomic mass is 10.3. The van der Waals surface area contributed by atoms with Gasteiger partial charge in [-0.1, -0.05) is 6.92 Å². The number of nitrogens with zero attached hydrogens (tertiary/aromatic N) is 4. The minimum atomic E-state index is -0.246. The first-order valence-electron chi connectivity index (χ1n) is 8.28. The highest BCUT2D eigenvalue weighted by molar-refractivity contribution is 5.78. The molecular weight excluding hydrogens is 284 g/mol. The first kappa shape index (κ1) is 17.0. The molecule has 0 saturated carbocycles. The summed E-state index contributed by atoms with van der Waals surface area (Å²) in [6, 6.07) is 0. The summed E-state index contributed by atoms with van der Waals surface area (Å²) in [6.45, 7) is 12.2. The van der Waals surface area contributed by atoms with E-state index in [0.717, 1.165) is 45.8 Å². The van der Waals surface area contributed by atoms with Gasteiger partial charge in [0.2, 0.25) is 5.91 Å². The zero-order valence-electron chi connectivity index (χ0n) is 13.8. The van der Waals surface area contributed by atoms with Gasteiger partial charge in [0, 0.05) is 52.4 Å². The summed E-state index contributed by atoms with van der Waals surface area (Å²) < 4.78 is 5.00. The van der Waals surface area contributed by atoms with Gasteiger partial charge >= 0.3 is 6.09 Å². The molecule has 0 unspecified atom stereocenters. The minimum absolute atomic E-state index is 0.209. The van der Waals surface area contributed by atoms with E-state index in [2.05, 4.69) is 16.7 Å². The van der Waals surface area contributed by atoms with E-state index in [1.807, 2.05) is 11.8 Å². The average molecular weight is 312 g/mol. The van der Waals surface area contributed by atoms with Crippen LogP contribution in [-0.4, -0.2) is 104 Å². The van der Waals surface area contributed by atoms with E-state index in [1.165, 1.54) is 0 Å². The van der Waals surface area contributed by atoms with Crippen molar-refractivity contribution in [1.82, 2.24) is 19.6 Å². The predicted octanol–water partition coefficient (Wildman–Crippen LogP) is -0.0754. The second-order valence-corrected chi connectivity index (χ2v) is 5.78. The van der Waals surface area contributed by atoms with E-state index >= 15 is 0 Å². The van der Waals surface area contributed by atoms with Gasteiger partial charge in [-0.25, -0.2) is 4.79 Å². The van der Waals surface area contributed by atoms with Gasteiger partial charge in [0.05, 0.1) is 13.2 Å². The summed E-state index contributed by atoms with van der Waals surface area (Å²) in [4.78, 5) is 32.1. The molecule has 0 spiro atoms.